The molecule has 3 nitrogen and oxygen atoms in total. The van der Waals surface area contributed by atoms with Gasteiger partial charge in [0.25, 0.3) is 0 Å². The Balaban J connectivity index is 2.35. The van der Waals surface area contributed by atoms with Crippen molar-refractivity contribution in [2.45, 2.75) is 6.10 Å². The maximum absolute atomic E-state index is 10.3. The van der Waals surface area contributed by atoms with Crippen LogP contribution >= 0.6 is 38.9 Å². The molecule has 0 spiro atoms. The van der Waals surface area contributed by atoms with Crippen molar-refractivity contribution in [3.63, 3.8) is 0 Å². The highest BCUT2D eigenvalue weighted by molar-refractivity contribution is 9.11. The van der Waals surface area contributed by atoms with Crippen LogP contribution in [0, 0.1) is 0 Å². The molecule has 1 unspecified atom stereocenters. The van der Waals surface area contributed by atoms with Gasteiger partial charge in [0.2, 0.25) is 0 Å². The summed E-state index contributed by atoms with van der Waals surface area (Å²) in [6.45, 7) is 0. The van der Waals surface area contributed by atoms with Gasteiger partial charge in [0, 0.05) is 4.88 Å². The van der Waals surface area contributed by atoms with Gasteiger partial charge >= 0.3 is 0 Å². The molecule has 2 aromatic rings. The summed E-state index contributed by atoms with van der Waals surface area (Å²) in [5.74, 6) is 1.21. The van der Waals surface area contributed by atoms with E-state index in [0.29, 0.717) is 16.5 Å². The summed E-state index contributed by atoms with van der Waals surface area (Å²) >= 11 is 10.7. The maximum Gasteiger partial charge on any atom is 0.161 e. The third-order valence-corrected chi connectivity index (χ3v) is 5.18. The summed E-state index contributed by atoms with van der Waals surface area (Å²) in [6.07, 6.45) is -0.742. The van der Waals surface area contributed by atoms with Crippen molar-refractivity contribution in [2.75, 3.05) is 14.2 Å². The summed E-state index contributed by atoms with van der Waals surface area (Å²) in [4.78, 5) is 0.768. The van der Waals surface area contributed by atoms with Crippen molar-refractivity contribution in [2.24, 2.45) is 0 Å². The Hall–Kier alpha value is -0.750. The van der Waals surface area contributed by atoms with Crippen LogP contribution in [0.15, 0.2) is 28.1 Å². The highest BCUT2D eigenvalue weighted by atomic mass is 79.9. The van der Waals surface area contributed by atoms with Crippen molar-refractivity contribution in [3.05, 3.63) is 43.5 Å². The minimum absolute atomic E-state index is 0.584. The van der Waals surface area contributed by atoms with Crippen molar-refractivity contribution in [1.82, 2.24) is 0 Å². The Morgan fingerprint density at radius 3 is 2.42 bits per heavy atom. The van der Waals surface area contributed by atoms with Gasteiger partial charge in [-0.05, 0) is 39.7 Å². The molecule has 0 aliphatic rings. The highest BCUT2D eigenvalue weighted by Gasteiger charge is 2.17. The number of thiophene rings is 1. The Morgan fingerprint density at radius 2 is 1.89 bits per heavy atom. The lowest BCUT2D eigenvalue weighted by Crippen LogP contribution is -1.99. The first-order valence-corrected chi connectivity index (χ1v) is 7.40. The summed E-state index contributed by atoms with van der Waals surface area (Å²) in [6, 6.07) is 7.07. The van der Waals surface area contributed by atoms with E-state index in [0.717, 1.165) is 14.2 Å². The molecule has 0 amide bonds. The lowest BCUT2D eigenvalue weighted by atomic mass is 10.1. The van der Waals surface area contributed by atoms with Crippen molar-refractivity contribution in [3.8, 4) is 11.5 Å². The van der Waals surface area contributed by atoms with E-state index >= 15 is 0 Å². The highest BCUT2D eigenvalue weighted by Crippen LogP contribution is 2.39. The predicted octanol–water partition coefficient (Wildman–Crippen LogP) is 4.26. The van der Waals surface area contributed by atoms with E-state index in [9.17, 15) is 5.11 Å². The Morgan fingerprint density at radius 1 is 1.21 bits per heavy atom. The monoisotopic (exact) mass is 362 g/mol. The average molecular weight is 364 g/mol. The predicted molar refractivity (Wildman–Crippen MR) is 80.6 cm³/mol. The topological polar surface area (TPSA) is 38.7 Å². The van der Waals surface area contributed by atoms with Crippen LogP contribution < -0.4 is 9.47 Å². The molecule has 102 valence electrons. The summed E-state index contributed by atoms with van der Waals surface area (Å²) in [5.41, 5.74) is 0.725. The third kappa shape index (κ3) is 3.05. The lowest BCUT2D eigenvalue weighted by Gasteiger charge is -2.13. The molecular weight excluding hydrogens is 352 g/mol. The van der Waals surface area contributed by atoms with E-state index in [1.165, 1.54) is 11.3 Å². The lowest BCUT2D eigenvalue weighted by molar-refractivity contribution is 0.223. The molecule has 1 heterocycles. The first-order chi connectivity index (χ1) is 9.06. The molecule has 19 heavy (non-hydrogen) atoms. The van der Waals surface area contributed by atoms with Crippen LogP contribution in [0.3, 0.4) is 0 Å². The smallest absolute Gasteiger partial charge is 0.161 e. The second-order valence-electron chi connectivity index (χ2n) is 3.79. The van der Waals surface area contributed by atoms with Crippen LogP contribution in [0.2, 0.25) is 5.02 Å². The van der Waals surface area contributed by atoms with E-state index in [1.54, 1.807) is 38.5 Å². The number of aliphatic hydroxyl groups excluding tert-OH is 1. The van der Waals surface area contributed by atoms with E-state index in [2.05, 4.69) is 15.9 Å². The van der Waals surface area contributed by atoms with Gasteiger partial charge in [0.1, 0.15) is 6.10 Å². The van der Waals surface area contributed by atoms with Crippen molar-refractivity contribution >= 4 is 38.9 Å². The largest absolute Gasteiger partial charge is 0.493 e. The number of aliphatic hydroxyl groups is 1. The fourth-order valence-electron chi connectivity index (χ4n) is 1.69. The Labute approximate surface area is 128 Å². The third-order valence-electron chi connectivity index (χ3n) is 2.66. The van der Waals surface area contributed by atoms with E-state index in [1.807, 2.05) is 0 Å². The van der Waals surface area contributed by atoms with Crippen molar-refractivity contribution in [1.29, 1.82) is 0 Å². The van der Waals surface area contributed by atoms with Gasteiger partial charge in [0.05, 0.1) is 23.0 Å². The van der Waals surface area contributed by atoms with Gasteiger partial charge in [0.15, 0.2) is 11.5 Å². The van der Waals surface area contributed by atoms with Crippen LogP contribution in [0.4, 0.5) is 0 Å². The number of halogens is 2. The molecule has 1 aromatic heterocycles. The molecule has 0 aliphatic carbocycles. The zero-order valence-corrected chi connectivity index (χ0v) is 13.5. The minimum atomic E-state index is -0.742. The zero-order chi connectivity index (χ0) is 14.0. The number of methoxy groups -OCH3 is 2. The second-order valence-corrected chi connectivity index (χ2v) is 6.60. The summed E-state index contributed by atoms with van der Waals surface area (Å²) in [7, 11) is 3.14. The standard InChI is InChI=1S/C13H12BrClO3S/c1-17-9-4-3-7(5-10(9)18-2)12(16)11-6-8(15)13(14)19-11/h3-6,12,16H,1-2H3. The first kappa shape index (κ1) is 14.7. The van der Waals surface area contributed by atoms with Gasteiger partial charge in [-0.25, -0.2) is 0 Å². The van der Waals surface area contributed by atoms with E-state index in [-0.39, 0.29) is 0 Å². The van der Waals surface area contributed by atoms with Crippen LogP contribution in [-0.2, 0) is 0 Å². The number of benzene rings is 1. The number of hydrogen-bond donors (Lipinski definition) is 1. The molecule has 0 bridgehead atoms. The summed E-state index contributed by atoms with van der Waals surface area (Å²) < 4.78 is 11.2. The van der Waals surface area contributed by atoms with Gasteiger partial charge in [-0.2, -0.15) is 0 Å². The minimum Gasteiger partial charge on any atom is -0.493 e. The molecule has 0 saturated heterocycles. The molecule has 1 atom stereocenters. The van der Waals surface area contributed by atoms with Crippen LogP contribution in [-0.4, -0.2) is 19.3 Å². The summed E-state index contributed by atoms with van der Waals surface area (Å²) in [5, 5.41) is 10.9. The Kier molecular flexibility index (Phi) is 4.73. The normalized spacial score (nSPS) is 12.3. The SMILES string of the molecule is COc1ccc(C(O)c2cc(Cl)c(Br)s2)cc1OC. The average Bonchev–Trinajstić information content (AvgIpc) is 2.77. The molecule has 0 fully saturated rings. The van der Waals surface area contributed by atoms with Gasteiger partial charge < -0.3 is 14.6 Å². The second kappa shape index (κ2) is 6.13. The molecule has 0 saturated carbocycles. The Bertz CT molecular complexity index is 566. The van der Waals surface area contributed by atoms with Gasteiger partial charge in [-0.3, -0.25) is 0 Å². The number of ether oxygens (including phenoxy) is 2. The van der Waals surface area contributed by atoms with E-state index in [4.69, 9.17) is 21.1 Å². The molecule has 0 aliphatic heterocycles. The quantitative estimate of drug-likeness (QED) is 0.882. The van der Waals surface area contributed by atoms with Crippen LogP contribution in [0.5, 0.6) is 11.5 Å². The maximum atomic E-state index is 10.3. The van der Waals surface area contributed by atoms with Crippen LogP contribution in [0.25, 0.3) is 0 Å². The number of rotatable bonds is 4. The molecule has 1 N–H and O–H groups in total. The zero-order valence-electron chi connectivity index (χ0n) is 10.3. The van der Waals surface area contributed by atoms with Gasteiger partial charge in [-0.15, -0.1) is 11.3 Å². The first-order valence-electron chi connectivity index (χ1n) is 5.41. The van der Waals surface area contributed by atoms with E-state index < -0.39 is 6.10 Å². The molecular formula is C13H12BrClO3S. The number of hydrogen-bond acceptors (Lipinski definition) is 4. The van der Waals surface area contributed by atoms with Crippen molar-refractivity contribution < 1.29 is 14.6 Å². The van der Waals surface area contributed by atoms with Gasteiger partial charge in [-0.1, -0.05) is 17.7 Å². The fourth-order valence-corrected chi connectivity index (χ4v) is 3.45. The van der Waals surface area contributed by atoms with Crippen LogP contribution in [0.1, 0.15) is 16.5 Å². The molecule has 1 aromatic carbocycles. The molecule has 6 heteroatoms. The fraction of sp³-hybridized carbons (Fsp3) is 0.231. The molecule has 2 rings (SSSR count). The molecule has 0 radical (unpaired) electrons.